The van der Waals surface area contributed by atoms with Gasteiger partial charge in [0.2, 0.25) is 0 Å². The number of fused-ring (bicyclic) bond motifs is 1. The molecule has 0 spiro atoms. The Bertz CT molecular complexity index is 791. The van der Waals surface area contributed by atoms with E-state index in [1.807, 2.05) is 12.1 Å². The third kappa shape index (κ3) is 2.98. The molecule has 1 heterocycles. The molecule has 0 saturated carbocycles. The number of aryl methyl sites for hydroxylation is 2. The molecule has 0 amide bonds. The van der Waals surface area contributed by atoms with Crippen LogP contribution in [0.4, 0.5) is 5.69 Å². The Hall–Kier alpha value is -1.74. The maximum Gasteiger partial charge on any atom is 0.134 e. The van der Waals surface area contributed by atoms with E-state index in [1.54, 1.807) is 0 Å². The van der Waals surface area contributed by atoms with Gasteiger partial charge in [0.05, 0.1) is 6.04 Å². The molecule has 108 valence electrons. The Labute approximate surface area is 133 Å². The minimum absolute atomic E-state index is 0.123. The summed E-state index contributed by atoms with van der Waals surface area (Å²) < 4.78 is 7.00. The molecule has 0 bridgehead atoms. The Morgan fingerprint density at radius 3 is 2.62 bits per heavy atom. The van der Waals surface area contributed by atoms with E-state index in [1.165, 1.54) is 11.1 Å². The fourth-order valence-electron chi connectivity index (χ4n) is 2.53. The van der Waals surface area contributed by atoms with Crippen molar-refractivity contribution in [2.45, 2.75) is 26.8 Å². The van der Waals surface area contributed by atoms with E-state index in [4.69, 9.17) is 4.42 Å². The lowest BCUT2D eigenvalue weighted by molar-refractivity contribution is 0.526. The summed E-state index contributed by atoms with van der Waals surface area (Å²) in [7, 11) is 0. The molecule has 0 fully saturated rings. The second-order valence-corrected chi connectivity index (χ2v) is 6.43. The van der Waals surface area contributed by atoms with Gasteiger partial charge in [-0.1, -0.05) is 33.6 Å². The number of hydrogen-bond donors (Lipinski definition) is 1. The van der Waals surface area contributed by atoms with Gasteiger partial charge >= 0.3 is 0 Å². The van der Waals surface area contributed by atoms with Crippen molar-refractivity contribution in [3.63, 3.8) is 0 Å². The highest BCUT2D eigenvalue weighted by Gasteiger charge is 2.12. The maximum absolute atomic E-state index is 5.94. The highest BCUT2D eigenvalue weighted by Crippen LogP contribution is 2.29. The summed E-state index contributed by atoms with van der Waals surface area (Å²) in [6, 6.07) is 14.7. The van der Waals surface area contributed by atoms with Gasteiger partial charge in [-0.2, -0.15) is 0 Å². The van der Waals surface area contributed by atoms with Gasteiger partial charge in [-0.05, 0) is 56.7 Å². The lowest BCUT2D eigenvalue weighted by atomic mass is 10.1. The maximum atomic E-state index is 5.94. The largest absolute Gasteiger partial charge is 0.459 e. The van der Waals surface area contributed by atoms with Crippen molar-refractivity contribution in [2.24, 2.45) is 0 Å². The summed E-state index contributed by atoms with van der Waals surface area (Å²) in [5, 5.41) is 4.64. The molecular weight excluding hydrogens is 326 g/mol. The molecule has 3 heteroatoms. The summed E-state index contributed by atoms with van der Waals surface area (Å²) in [6.45, 7) is 6.35. The minimum Gasteiger partial charge on any atom is -0.459 e. The molecule has 21 heavy (non-hydrogen) atoms. The fraction of sp³-hybridized carbons (Fsp3) is 0.222. The standard InChI is InChI=1S/C18H18BrNO/c1-11-4-6-16(12(2)8-11)20-13(3)18-10-14-9-15(19)5-7-17(14)21-18/h4-10,13,20H,1-3H3. The van der Waals surface area contributed by atoms with Crippen LogP contribution in [0.1, 0.15) is 29.9 Å². The predicted octanol–water partition coefficient (Wildman–Crippen LogP) is 5.99. The summed E-state index contributed by atoms with van der Waals surface area (Å²) in [5.41, 5.74) is 4.59. The zero-order valence-electron chi connectivity index (χ0n) is 12.4. The van der Waals surface area contributed by atoms with Crippen molar-refractivity contribution < 1.29 is 4.42 Å². The second-order valence-electron chi connectivity index (χ2n) is 5.52. The van der Waals surface area contributed by atoms with Gasteiger partial charge in [-0.3, -0.25) is 0 Å². The van der Waals surface area contributed by atoms with Crippen LogP contribution < -0.4 is 5.32 Å². The van der Waals surface area contributed by atoms with Crippen molar-refractivity contribution in [2.75, 3.05) is 5.32 Å². The molecule has 1 N–H and O–H groups in total. The minimum atomic E-state index is 0.123. The Morgan fingerprint density at radius 1 is 1.05 bits per heavy atom. The normalized spacial score (nSPS) is 12.6. The molecular formula is C18H18BrNO. The van der Waals surface area contributed by atoms with Crippen molar-refractivity contribution in [3.05, 3.63) is 63.8 Å². The van der Waals surface area contributed by atoms with Crippen LogP contribution in [0.2, 0.25) is 0 Å². The van der Waals surface area contributed by atoms with Crippen LogP contribution in [0.5, 0.6) is 0 Å². The third-order valence-electron chi connectivity index (χ3n) is 3.68. The molecule has 2 nitrogen and oxygen atoms in total. The van der Waals surface area contributed by atoms with E-state index in [-0.39, 0.29) is 6.04 Å². The first-order chi connectivity index (χ1) is 10.0. The summed E-state index contributed by atoms with van der Waals surface area (Å²) in [4.78, 5) is 0. The number of nitrogens with one attached hydrogen (secondary N) is 1. The van der Waals surface area contributed by atoms with Gasteiger partial charge < -0.3 is 9.73 Å². The SMILES string of the molecule is Cc1ccc(NC(C)c2cc3cc(Br)ccc3o2)c(C)c1. The van der Waals surface area contributed by atoms with Gasteiger partial charge in [0, 0.05) is 15.5 Å². The first-order valence-corrected chi connectivity index (χ1v) is 7.85. The Balaban J connectivity index is 1.87. The lowest BCUT2D eigenvalue weighted by Crippen LogP contribution is -2.06. The van der Waals surface area contributed by atoms with Crippen LogP contribution in [0.15, 0.2) is 51.4 Å². The molecule has 1 aromatic heterocycles. The van der Waals surface area contributed by atoms with E-state index < -0.39 is 0 Å². The first kappa shape index (κ1) is 14.2. The van der Waals surface area contributed by atoms with Crippen LogP contribution in [0.25, 0.3) is 11.0 Å². The van der Waals surface area contributed by atoms with Crippen molar-refractivity contribution in [1.29, 1.82) is 0 Å². The molecule has 2 aromatic carbocycles. The number of anilines is 1. The molecule has 0 radical (unpaired) electrons. The van der Waals surface area contributed by atoms with Gasteiger partial charge in [-0.25, -0.2) is 0 Å². The Kier molecular flexibility index (Phi) is 3.77. The van der Waals surface area contributed by atoms with E-state index in [2.05, 4.69) is 72.3 Å². The van der Waals surface area contributed by atoms with E-state index >= 15 is 0 Å². The van der Waals surface area contributed by atoms with Gasteiger partial charge in [-0.15, -0.1) is 0 Å². The number of hydrogen-bond acceptors (Lipinski definition) is 2. The number of furan rings is 1. The molecule has 0 aliphatic carbocycles. The first-order valence-electron chi connectivity index (χ1n) is 7.06. The molecule has 0 aliphatic heterocycles. The topological polar surface area (TPSA) is 25.2 Å². The molecule has 3 rings (SSSR count). The van der Waals surface area contributed by atoms with Crippen molar-refractivity contribution in [3.8, 4) is 0 Å². The Morgan fingerprint density at radius 2 is 1.86 bits per heavy atom. The van der Waals surface area contributed by atoms with E-state index in [9.17, 15) is 0 Å². The summed E-state index contributed by atoms with van der Waals surface area (Å²) in [5.74, 6) is 0.947. The van der Waals surface area contributed by atoms with E-state index in [0.717, 1.165) is 26.9 Å². The summed E-state index contributed by atoms with van der Waals surface area (Å²) in [6.07, 6.45) is 0. The highest BCUT2D eigenvalue weighted by atomic mass is 79.9. The van der Waals surface area contributed by atoms with Gasteiger partial charge in [0.15, 0.2) is 0 Å². The second kappa shape index (κ2) is 5.57. The number of benzene rings is 2. The molecule has 0 saturated heterocycles. The molecule has 0 aliphatic rings. The quantitative estimate of drug-likeness (QED) is 0.632. The fourth-order valence-corrected chi connectivity index (χ4v) is 2.91. The zero-order valence-corrected chi connectivity index (χ0v) is 14.0. The van der Waals surface area contributed by atoms with Crippen LogP contribution in [-0.2, 0) is 0 Å². The van der Waals surface area contributed by atoms with Crippen molar-refractivity contribution in [1.82, 2.24) is 0 Å². The molecule has 3 aromatic rings. The predicted molar refractivity (Wildman–Crippen MR) is 91.9 cm³/mol. The average Bonchev–Trinajstić information content (AvgIpc) is 2.85. The number of rotatable bonds is 3. The van der Waals surface area contributed by atoms with E-state index in [0.29, 0.717) is 0 Å². The van der Waals surface area contributed by atoms with Gasteiger partial charge in [0.25, 0.3) is 0 Å². The monoisotopic (exact) mass is 343 g/mol. The van der Waals surface area contributed by atoms with Crippen LogP contribution in [-0.4, -0.2) is 0 Å². The third-order valence-corrected chi connectivity index (χ3v) is 4.17. The van der Waals surface area contributed by atoms with Gasteiger partial charge in [0.1, 0.15) is 11.3 Å². The smallest absolute Gasteiger partial charge is 0.134 e. The van der Waals surface area contributed by atoms with Crippen LogP contribution in [0, 0.1) is 13.8 Å². The summed E-state index contributed by atoms with van der Waals surface area (Å²) >= 11 is 3.49. The van der Waals surface area contributed by atoms with Crippen molar-refractivity contribution >= 4 is 32.6 Å². The van der Waals surface area contributed by atoms with Crippen LogP contribution in [0.3, 0.4) is 0 Å². The highest BCUT2D eigenvalue weighted by molar-refractivity contribution is 9.10. The number of halogens is 1. The van der Waals surface area contributed by atoms with Crippen LogP contribution >= 0.6 is 15.9 Å². The zero-order chi connectivity index (χ0) is 15.0. The average molecular weight is 344 g/mol. The lowest BCUT2D eigenvalue weighted by Gasteiger charge is -2.15. The molecule has 1 unspecified atom stereocenters. The molecule has 1 atom stereocenters.